The molecule has 0 saturated carbocycles. The number of thiazole rings is 1. The maximum Gasteiger partial charge on any atom is 0.0815 e. The van der Waals surface area contributed by atoms with E-state index in [0.29, 0.717) is 6.04 Å². The van der Waals surface area contributed by atoms with Gasteiger partial charge in [0.15, 0.2) is 0 Å². The SMILES string of the molecule is C[C@@H](c1ccc2scnc2c1)N1CCCCC1. The van der Waals surface area contributed by atoms with Gasteiger partial charge in [-0.05, 0) is 50.6 Å². The minimum Gasteiger partial charge on any atom is -0.297 e. The van der Waals surface area contributed by atoms with Gasteiger partial charge in [-0.2, -0.15) is 0 Å². The number of fused-ring (bicyclic) bond motifs is 1. The smallest absolute Gasteiger partial charge is 0.0815 e. The van der Waals surface area contributed by atoms with Crippen molar-refractivity contribution in [1.29, 1.82) is 0 Å². The average molecular weight is 246 g/mol. The minimum absolute atomic E-state index is 0.529. The van der Waals surface area contributed by atoms with Crippen molar-refractivity contribution in [3.8, 4) is 0 Å². The van der Waals surface area contributed by atoms with Gasteiger partial charge in [0.1, 0.15) is 0 Å². The molecule has 1 aliphatic rings. The summed E-state index contributed by atoms with van der Waals surface area (Å²) in [6.07, 6.45) is 4.10. The monoisotopic (exact) mass is 246 g/mol. The van der Waals surface area contributed by atoms with Gasteiger partial charge >= 0.3 is 0 Å². The molecule has 0 aliphatic carbocycles. The maximum atomic E-state index is 4.41. The third-order valence-corrected chi connectivity index (χ3v) is 4.59. The predicted molar refractivity (Wildman–Crippen MR) is 73.5 cm³/mol. The Hall–Kier alpha value is -0.930. The number of hydrogen-bond acceptors (Lipinski definition) is 3. The van der Waals surface area contributed by atoms with Gasteiger partial charge in [0.05, 0.1) is 15.7 Å². The molecule has 3 heteroatoms. The molecular formula is C14H18N2S. The Morgan fingerprint density at radius 2 is 2.06 bits per heavy atom. The van der Waals surface area contributed by atoms with Gasteiger partial charge in [0.2, 0.25) is 0 Å². The van der Waals surface area contributed by atoms with Crippen LogP contribution in [0, 0.1) is 0 Å². The van der Waals surface area contributed by atoms with Gasteiger partial charge in [-0.15, -0.1) is 11.3 Å². The van der Waals surface area contributed by atoms with Crippen LogP contribution in [0.1, 0.15) is 37.8 Å². The number of aromatic nitrogens is 1. The van der Waals surface area contributed by atoms with Gasteiger partial charge in [0, 0.05) is 6.04 Å². The van der Waals surface area contributed by atoms with E-state index in [9.17, 15) is 0 Å². The molecule has 1 atom stereocenters. The summed E-state index contributed by atoms with van der Waals surface area (Å²) in [5.41, 5.74) is 4.49. The molecule has 1 aromatic carbocycles. The topological polar surface area (TPSA) is 16.1 Å². The fourth-order valence-electron chi connectivity index (χ4n) is 2.65. The fraction of sp³-hybridized carbons (Fsp3) is 0.500. The highest BCUT2D eigenvalue weighted by Gasteiger charge is 2.18. The van der Waals surface area contributed by atoms with E-state index in [-0.39, 0.29) is 0 Å². The van der Waals surface area contributed by atoms with Gasteiger partial charge in [-0.1, -0.05) is 12.5 Å². The van der Waals surface area contributed by atoms with Crippen molar-refractivity contribution in [3.63, 3.8) is 0 Å². The molecule has 0 radical (unpaired) electrons. The zero-order valence-electron chi connectivity index (χ0n) is 10.2. The maximum absolute atomic E-state index is 4.41. The van der Waals surface area contributed by atoms with Crippen molar-refractivity contribution in [3.05, 3.63) is 29.3 Å². The lowest BCUT2D eigenvalue weighted by molar-refractivity contribution is 0.175. The zero-order valence-corrected chi connectivity index (χ0v) is 11.0. The van der Waals surface area contributed by atoms with E-state index in [1.54, 1.807) is 11.3 Å². The highest BCUT2D eigenvalue weighted by Crippen LogP contribution is 2.27. The van der Waals surface area contributed by atoms with E-state index in [2.05, 4.69) is 35.0 Å². The Bertz CT molecular complexity index is 500. The summed E-state index contributed by atoms with van der Waals surface area (Å²) < 4.78 is 1.29. The molecule has 1 fully saturated rings. The molecule has 0 unspecified atom stereocenters. The first kappa shape index (κ1) is 11.2. The van der Waals surface area contributed by atoms with Crippen LogP contribution in [0.3, 0.4) is 0 Å². The number of hydrogen-bond donors (Lipinski definition) is 0. The summed E-state index contributed by atoms with van der Waals surface area (Å²) in [5.74, 6) is 0. The van der Waals surface area contributed by atoms with Crippen molar-refractivity contribution in [2.24, 2.45) is 0 Å². The van der Waals surface area contributed by atoms with Gasteiger partial charge in [-0.3, -0.25) is 4.90 Å². The first-order valence-electron chi connectivity index (χ1n) is 6.42. The standard InChI is InChI=1S/C14H18N2S/c1-11(16-7-3-2-4-8-16)12-5-6-14-13(9-12)15-10-17-14/h5-6,9-11H,2-4,7-8H2,1H3/t11-/m0/s1. The van der Waals surface area contributed by atoms with E-state index < -0.39 is 0 Å². The largest absolute Gasteiger partial charge is 0.297 e. The second-order valence-electron chi connectivity index (χ2n) is 4.85. The third-order valence-electron chi connectivity index (χ3n) is 3.78. The van der Waals surface area contributed by atoms with Crippen LogP contribution in [-0.2, 0) is 0 Å². The van der Waals surface area contributed by atoms with E-state index in [1.165, 1.54) is 42.6 Å². The van der Waals surface area contributed by atoms with E-state index >= 15 is 0 Å². The molecule has 17 heavy (non-hydrogen) atoms. The molecule has 0 spiro atoms. The van der Waals surface area contributed by atoms with Crippen molar-refractivity contribution in [2.45, 2.75) is 32.2 Å². The van der Waals surface area contributed by atoms with E-state index in [1.807, 2.05) is 5.51 Å². The number of rotatable bonds is 2. The Labute approximate surface area is 106 Å². The third kappa shape index (κ3) is 2.22. The van der Waals surface area contributed by atoms with Crippen LogP contribution in [0.5, 0.6) is 0 Å². The first-order chi connectivity index (χ1) is 8.34. The Morgan fingerprint density at radius 1 is 1.24 bits per heavy atom. The number of likely N-dealkylation sites (tertiary alicyclic amines) is 1. The number of nitrogens with zero attached hydrogens (tertiary/aromatic N) is 2. The molecule has 1 aromatic heterocycles. The van der Waals surface area contributed by atoms with Crippen molar-refractivity contribution < 1.29 is 0 Å². The predicted octanol–water partition coefficient (Wildman–Crippen LogP) is 3.84. The summed E-state index contributed by atoms with van der Waals surface area (Å²) in [5, 5.41) is 0. The first-order valence-corrected chi connectivity index (χ1v) is 7.30. The molecular weight excluding hydrogens is 228 g/mol. The summed E-state index contributed by atoms with van der Waals surface area (Å²) in [4.78, 5) is 7.00. The molecule has 0 amide bonds. The lowest BCUT2D eigenvalue weighted by Gasteiger charge is -2.32. The number of benzene rings is 1. The fourth-order valence-corrected chi connectivity index (χ4v) is 3.31. The Balaban J connectivity index is 1.86. The lowest BCUT2D eigenvalue weighted by Crippen LogP contribution is -2.32. The average Bonchev–Trinajstić information content (AvgIpc) is 2.86. The molecule has 1 saturated heterocycles. The van der Waals surface area contributed by atoms with Crippen LogP contribution < -0.4 is 0 Å². The molecule has 2 aromatic rings. The summed E-state index contributed by atoms with van der Waals surface area (Å²) in [6.45, 7) is 4.81. The molecule has 90 valence electrons. The normalized spacial score (nSPS) is 19.6. The van der Waals surface area contributed by atoms with Crippen LogP contribution >= 0.6 is 11.3 Å². The zero-order chi connectivity index (χ0) is 11.7. The van der Waals surface area contributed by atoms with E-state index in [0.717, 1.165) is 5.52 Å². The summed E-state index contributed by atoms with van der Waals surface area (Å²) in [6, 6.07) is 7.26. The van der Waals surface area contributed by atoms with E-state index in [4.69, 9.17) is 0 Å². The molecule has 1 aliphatic heterocycles. The van der Waals surface area contributed by atoms with Gasteiger partial charge in [-0.25, -0.2) is 4.98 Å². The van der Waals surface area contributed by atoms with Gasteiger partial charge in [0.25, 0.3) is 0 Å². The molecule has 2 nitrogen and oxygen atoms in total. The van der Waals surface area contributed by atoms with Crippen molar-refractivity contribution in [1.82, 2.24) is 9.88 Å². The second-order valence-corrected chi connectivity index (χ2v) is 5.74. The summed E-state index contributed by atoms with van der Waals surface area (Å²) >= 11 is 1.72. The Morgan fingerprint density at radius 3 is 2.88 bits per heavy atom. The molecule has 2 heterocycles. The Kier molecular flexibility index (Phi) is 3.12. The summed E-state index contributed by atoms with van der Waals surface area (Å²) in [7, 11) is 0. The quantitative estimate of drug-likeness (QED) is 0.800. The van der Waals surface area contributed by atoms with Crippen LogP contribution in [0.25, 0.3) is 10.2 Å². The highest BCUT2D eigenvalue weighted by molar-refractivity contribution is 7.16. The molecule has 3 rings (SSSR count). The van der Waals surface area contributed by atoms with Crippen LogP contribution in [0.2, 0.25) is 0 Å². The van der Waals surface area contributed by atoms with Gasteiger partial charge < -0.3 is 0 Å². The van der Waals surface area contributed by atoms with Crippen LogP contribution in [0.15, 0.2) is 23.7 Å². The van der Waals surface area contributed by atoms with Crippen LogP contribution in [-0.4, -0.2) is 23.0 Å². The second kappa shape index (κ2) is 4.75. The van der Waals surface area contributed by atoms with Crippen LogP contribution in [0.4, 0.5) is 0 Å². The van der Waals surface area contributed by atoms with Crippen molar-refractivity contribution in [2.75, 3.05) is 13.1 Å². The highest BCUT2D eigenvalue weighted by atomic mass is 32.1. The molecule has 0 N–H and O–H groups in total. The molecule has 0 bridgehead atoms. The van der Waals surface area contributed by atoms with Crippen molar-refractivity contribution >= 4 is 21.6 Å². The lowest BCUT2D eigenvalue weighted by atomic mass is 10.0. The number of piperidine rings is 1. The minimum atomic E-state index is 0.529.